The average Bonchev–Trinajstić information content (AvgIpc) is 2.99. The topological polar surface area (TPSA) is 61.8 Å². The van der Waals surface area contributed by atoms with E-state index in [0.717, 1.165) is 25.2 Å². The molecule has 2 aliphatic heterocycles. The fraction of sp³-hybridized carbons (Fsp3) is 0.500. The van der Waals surface area contributed by atoms with E-state index < -0.39 is 5.60 Å². The predicted octanol–water partition coefficient (Wildman–Crippen LogP) is 1.72. The third kappa shape index (κ3) is 2.14. The van der Waals surface area contributed by atoms with E-state index in [1.807, 2.05) is 6.92 Å². The molecule has 0 radical (unpaired) electrons. The SMILES string of the molecule is CC1(C2CCNC2)CN(c2ccc(O)cc2)C(=O)O1. The van der Waals surface area contributed by atoms with Crippen molar-refractivity contribution in [3.05, 3.63) is 24.3 Å². The van der Waals surface area contributed by atoms with Gasteiger partial charge in [0.05, 0.1) is 6.54 Å². The highest BCUT2D eigenvalue weighted by Crippen LogP contribution is 2.36. The van der Waals surface area contributed by atoms with Crippen molar-refractivity contribution in [3.63, 3.8) is 0 Å². The zero-order valence-corrected chi connectivity index (χ0v) is 10.9. The number of rotatable bonds is 2. The van der Waals surface area contributed by atoms with Crippen molar-refractivity contribution in [1.82, 2.24) is 5.32 Å². The molecular formula is C14H18N2O3. The number of nitrogens with zero attached hydrogens (tertiary/aromatic N) is 1. The summed E-state index contributed by atoms with van der Waals surface area (Å²) in [6, 6.07) is 6.62. The third-order valence-corrected chi connectivity index (χ3v) is 4.10. The molecule has 0 saturated carbocycles. The summed E-state index contributed by atoms with van der Waals surface area (Å²) in [6.07, 6.45) is 0.729. The van der Waals surface area contributed by atoms with Crippen LogP contribution in [0.3, 0.4) is 0 Å². The molecule has 1 amide bonds. The van der Waals surface area contributed by atoms with Crippen LogP contribution in [0.4, 0.5) is 10.5 Å². The first-order valence-corrected chi connectivity index (χ1v) is 6.59. The number of amides is 1. The minimum absolute atomic E-state index is 0.194. The van der Waals surface area contributed by atoms with Crippen molar-refractivity contribution in [3.8, 4) is 5.75 Å². The Kier molecular flexibility index (Phi) is 2.86. The van der Waals surface area contributed by atoms with Gasteiger partial charge >= 0.3 is 6.09 Å². The van der Waals surface area contributed by atoms with Crippen LogP contribution in [0, 0.1) is 5.92 Å². The van der Waals surface area contributed by atoms with Gasteiger partial charge in [-0.25, -0.2) is 4.79 Å². The number of ether oxygens (including phenoxy) is 1. The monoisotopic (exact) mass is 262 g/mol. The lowest BCUT2D eigenvalue weighted by atomic mass is 9.88. The number of cyclic esters (lactones) is 1. The quantitative estimate of drug-likeness (QED) is 0.852. The van der Waals surface area contributed by atoms with Crippen LogP contribution in [-0.2, 0) is 4.74 Å². The van der Waals surface area contributed by atoms with Crippen LogP contribution in [0.15, 0.2) is 24.3 Å². The molecule has 2 aliphatic rings. The van der Waals surface area contributed by atoms with Gasteiger partial charge in [0.25, 0.3) is 0 Å². The van der Waals surface area contributed by atoms with E-state index in [1.54, 1.807) is 29.2 Å². The van der Waals surface area contributed by atoms with Crippen molar-refractivity contribution in [2.45, 2.75) is 18.9 Å². The Labute approximate surface area is 112 Å². The van der Waals surface area contributed by atoms with Crippen molar-refractivity contribution in [1.29, 1.82) is 0 Å². The van der Waals surface area contributed by atoms with E-state index in [2.05, 4.69) is 5.32 Å². The predicted molar refractivity (Wildman–Crippen MR) is 71.3 cm³/mol. The fourth-order valence-electron chi connectivity index (χ4n) is 2.88. The summed E-state index contributed by atoms with van der Waals surface area (Å²) in [5, 5.41) is 12.6. The molecule has 0 aromatic heterocycles. The van der Waals surface area contributed by atoms with E-state index in [-0.39, 0.29) is 11.8 Å². The van der Waals surface area contributed by atoms with E-state index in [9.17, 15) is 9.90 Å². The van der Waals surface area contributed by atoms with E-state index in [1.165, 1.54) is 0 Å². The maximum Gasteiger partial charge on any atom is 0.415 e. The van der Waals surface area contributed by atoms with E-state index in [0.29, 0.717) is 12.5 Å². The standard InChI is InChI=1S/C14H18N2O3/c1-14(10-6-7-15-8-10)9-16(13(18)19-14)11-2-4-12(17)5-3-11/h2-5,10,15,17H,6-9H2,1H3. The number of benzene rings is 1. The summed E-state index contributed by atoms with van der Waals surface area (Å²) in [5.41, 5.74) is 0.329. The maximum atomic E-state index is 12.1. The van der Waals surface area contributed by atoms with Crippen LogP contribution in [0.2, 0.25) is 0 Å². The largest absolute Gasteiger partial charge is 0.508 e. The highest BCUT2D eigenvalue weighted by molar-refractivity contribution is 5.90. The molecule has 2 N–H and O–H groups in total. The van der Waals surface area contributed by atoms with Gasteiger partial charge in [-0.05, 0) is 44.2 Å². The van der Waals surface area contributed by atoms with Crippen LogP contribution in [0.5, 0.6) is 5.75 Å². The molecule has 2 unspecified atom stereocenters. The Bertz CT molecular complexity index is 482. The lowest BCUT2D eigenvalue weighted by molar-refractivity contribution is 0.0287. The highest BCUT2D eigenvalue weighted by Gasteiger charge is 2.48. The number of carbonyl (C=O) groups excluding carboxylic acids is 1. The number of nitrogens with one attached hydrogen (secondary N) is 1. The van der Waals surface area contributed by atoms with Crippen molar-refractivity contribution in [2.24, 2.45) is 5.92 Å². The second-order valence-corrected chi connectivity index (χ2v) is 5.47. The summed E-state index contributed by atoms with van der Waals surface area (Å²) in [6.45, 7) is 4.44. The molecule has 0 spiro atoms. The molecule has 2 fully saturated rings. The number of hydrogen-bond donors (Lipinski definition) is 2. The van der Waals surface area contributed by atoms with Gasteiger partial charge < -0.3 is 15.2 Å². The normalized spacial score (nSPS) is 30.7. The van der Waals surface area contributed by atoms with Gasteiger partial charge in [0, 0.05) is 18.2 Å². The molecule has 1 aromatic carbocycles. The van der Waals surface area contributed by atoms with E-state index in [4.69, 9.17) is 4.74 Å². The van der Waals surface area contributed by atoms with Crippen molar-refractivity contribution in [2.75, 3.05) is 24.5 Å². The molecule has 1 aromatic rings. The molecule has 102 valence electrons. The van der Waals surface area contributed by atoms with Crippen molar-refractivity contribution < 1.29 is 14.6 Å². The second-order valence-electron chi connectivity index (χ2n) is 5.47. The van der Waals surface area contributed by atoms with Gasteiger partial charge in [-0.3, -0.25) is 4.90 Å². The first-order chi connectivity index (χ1) is 9.08. The minimum atomic E-state index is -0.432. The Hall–Kier alpha value is -1.75. The summed E-state index contributed by atoms with van der Waals surface area (Å²) in [7, 11) is 0. The van der Waals surface area contributed by atoms with Gasteiger partial charge in [0.1, 0.15) is 11.4 Å². The number of anilines is 1. The number of carbonyl (C=O) groups is 1. The van der Waals surface area contributed by atoms with Crippen molar-refractivity contribution >= 4 is 11.8 Å². The van der Waals surface area contributed by atoms with Gasteiger partial charge in [-0.1, -0.05) is 0 Å². The molecule has 0 bridgehead atoms. The first kappa shape index (κ1) is 12.3. The number of hydrogen-bond acceptors (Lipinski definition) is 4. The molecule has 0 aliphatic carbocycles. The van der Waals surface area contributed by atoms with Gasteiger partial charge in [0.2, 0.25) is 0 Å². The first-order valence-electron chi connectivity index (χ1n) is 6.59. The zero-order valence-electron chi connectivity index (χ0n) is 10.9. The summed E-state index contributed by atoms with van der Waals surface area (Å²) in [4.78, 5) is 13.7. The summed E-state index contributed by atoms with van der Waals surface area (Å²) >= 11 is 0. The molecule has 19 heavy (non-hydrogen) atoms. The average molecular weight is 262 g/mol. The van der Waals surface area contributed by atoms with Gasteiger partial charge in [0.15, 0.2) is 0 Å². The van der Waals surface area contributed by atoms with Crippen LogP contribution in [0.25, 0.3) is 0 Å². The van der Waals surface area contributed by atoms with Gasteiger partial charge in [-0.2, -0.15) is 0 Å². The smallest absolute Gasteiger partial charge is 0.415 e. The van der Waals surface area contributed by atoms with Gasteiger partial charge in [-0.15, -0.1) is 0 Å². The lowest BCUT2D eigenvalue weighted by Crippen LogP contribution is -2.40. The fourth-order valence-corrected chi connectivity index (χ4v) is 2.88. The minimum Gasteiger partial charge on any atom is -0.508 e. The Morgan fingerprint density at radius 1 is 1.42 bits per heavy atom. The summed E-state index contributed by atoms with van der Waals surface area (Å²) in [5.74, 6) is 0.553. The van der Waals surface area contributed by atoms with E-state index >= 15 is 0 Å². The Morgan fingerprint density at radius 3 is 2.79 bits per heavy atom. The zero-order chi connectivity index (χ0) is 13.5. The number of phenolic OH excluding ortho intramolecular Hbond substituents is 1. The Balaban J connectivity index is 1.81. The van der Waals surface area contributed by atoms with Crippen LogP contribution in [0.1, 0.15) is 13.3 Å². The lowest BCUT2D eigenvalue weighted by Gasteiger charge is -2.28. The Morgan fingerprint density at radius 2 is 2.16 bits per heavy atom. The third-order valence-electron chi connectivity index (χ3n) is 4.10. The molecule has 2 heterocycles. The molecule has 2 saturated heterocycles. The maximum absolute atomic E-state index is 12.1. The van der Waals surface area contributed by atoms with Crippen LogP contribution < -0.4 is 10.2 Å². The molecule has 3 rings (SSSR count). The molecule has 5 heteroatoms. The highest BCUT2D eigenvalue weighted by atomic mass is 16.6. The molecule has 5 nitrogen and oxygen atoms in total. The van der Waals surface area contributed by atoms with Crippen LogP contribution in [-0.4, -0.2) is 36.4 Å². The molecule has 2 atom stereocenters. The molecular weight excluding hydrogens is 244 g/mol. The number of aromatic hydroxyl groups is 1. The number of phenols is 1. The summed E-state index contributed by atoms with van der Waals surface area (Å²) < 4.78 is 5.61. The second kappa shape index (κ2) is 4.42. The van der Waals surface area contributed by atoms with Crippen LogP contribution >= 0.6 is 0 Å².